The first-order chi connectivity index (χ1) is 14.4. The van der Waals surface area contributed by atoms with Gasteiger partial charge in [-0.3, -0.25) is 19.5 Å². The van der Waals surface area contributed by atoms with Gasteiger partial charge in [-0.05, 0) is 13.3 Å². The number of rotatable bonds is 17. The van der Waals surface area contributed by atoms with Gasteiger partial charge >= 0.3 is 6.03 Å². The summed E-state index contributed by atoms with van der Waals surface area (Å²) in [6.07, 6.45) is 12.0. The van der Waals surface area contributed by atoms with Crippen molar-refractivity contribution in [3.63, 3.8) is 0 Å². The highest BCUT2D eigenvalue weighted by Crippen LogP contribution is 2.33. The fourth-order valence-electron chi connectivity index (χ4n) is 3.84. The van der Waals surface area contributed by atoms with Gasteiger partial charge in [0.05, 0.1) is 13.3 Å². The Bertz CT molecular complexity index is 598. The summed E-state index contributed by atoms with van der Waals surface area (Å²) in [7, 11) is 0. The zero-order chi connectivity index (χ0) is 22.6. The molecule has 1 aliphatic rings. The Kier molecular flexibility index (Phi) is 11.4. The van der Waals surface area contributed by atoms with Crippen molar-refractivity contribution in [3.05, 3.63) is 50.6 Å². The molecule has 1 saturated heterocycles. The Morgan fingerprint density at radius 1 is 0.833 bits per heavy atom. The summed E-state index contributed by atoms with van der Waals surface area (Å²) in [6.45, 7) is 22.2. The average Bonchev–Trinajstić information content (AvgIpc) is 2.88. The van der Waals surface area contributed by atoms with Gasteiger partial charge in [-0.1, -0.05) is 56.9 Å². The fraction of sp³-hybridized carbons (Fsp3) is 0.583. The number of hydrogen-bond acceptors (Lipinski definition) is 4. The van der Waals surface area contributed by atoms with Crippen molar-refractivity contribution in [3.8, 4) is 0 Å². The smallest absolute Gasteiger partial charge is 0.297 e. The first-order valence-corrected chi connectivity index (χ1v) is 10.9. The van der Waals surface area contributed by atoms with Crippen LogP contribution in [0.2, 0.25) is 0 Å². The number of imide groups is 1. The van der Waals surface area contributed by atoms with Crippen LogP contribution in [0.1, 0.15) is 46.0 Å². The molecule has 0 radical (unpaired) electrons. The van der Waals surface area contributed by atoms with Crippen molar-refractivity contribution in [1.82, 2.24) is 19.6 Å². The zero-order valence-corrected chi connectivity index (χ0v) is 19.0. The van der Waals surface area contributed by atoms with Crippen LogP contribution in [0.15, 0.2) is 50.6 Å². The summed E-state index contributed by atoms with van der Waals surface area (Å²) in [5.41, 5.74) is -0.848. The van der Waals surface area contributed by atoms with E-state index in [1.807, 2.05) is 11.8 Å². The van der Waals surface area contributed by atoms with E-state index >= 15 is 0 Å². The summed E-state index contributed by atoms with van der Waals surface area (Å²) < 4.78 is 0. The highest BCUT2D eigenvalue weighted by atomic mass is 16.2. The van der Waals surface area contributed by atoms with E-state index < -0.39 is 5.54 Å². The molecule has 3 amide bonds. The molecule has 0 aromatic heterocycles. The number of urea groups is 1. The maximum Gasteiger partial charge on any atom is 0.329 e. The van der Waals surface area contributed by atoms with Crippen LogP contribution in [0, 0.1) is 0 Å². The Balaban J connectivity index is 3.13. The van der Waals surface area contributed by atoms with Crippen LogP contribution in [0.4, 0.5) is 4.79 Å². The molecule has 1 heterocycles. The number of nitrogens with zero attached hydrogens (tertiary/aromatic N) is 4. The molecule has 0 aromatic rings. The maximum atomic E-state index is 13.5. The lowest BCUT2D eigenvalue weighted by molar-refractivity contribution is -0.134. The quantitative estimate of drug-likeness (QED) is 0.202. The second-order valence-corrected chi connectivity index (χ2v) is 8.04. The Morgan fingerprint density at radius 2 is 1.33 bits per heavy atom. The molecule has 1 aliphatic heterocycles. The molecular formula is C24H40N4O2. The van der Waals surface area contributed by atoms with Crippen LogP contribution in [-0.2, 0) is 4.79 Å². The molecule has 168 valence electrons. The third-order valence-corrected chi connectivity index (χ3v) is 5.51. The van der Waals surface area contributed by atoms with Gasteiger partial charge < -0.3 is 0 Å². The van der Waals surface area contributed by atoms with E-state index in [-0.39, 0.29) is 18.6 Å². The van der Waals surface area contributed by atoms with E-state index in [4.69, 9.17) is 0 Å². The second-order valence-electron chi connectivity index (χ2n) is 8.04. The molecular weight excluding hydrogens is 376 g/mol. The van der Waals surface area contributed by atoms with Crippen molar-refractivity contribution in [2.24, 2.45) is 0 Å². The summed E-state index contributed by atoms with van der Waals surface area (Å²) in [5, 5.41) is 0. The van der Waals surface area contributed by atoms with Crippen LogP contribution in [-0.4, -0.2) is 76.6 Å². The summed E-state index contributed by atoms with van der Waals surface area (Å²) in [6, 6.07) is -0.241. The minimum Gasteiger partial charge on any atom is -0.297 e. The highest BCUT2D eigenvalue weighted by Gasteiger charge is 2.54. The van der Waals surface area contributed by atoms with Crippen molar-refractivity contribution < 1.29 is 9.59 Å². The van der Waals surface area contributed by atoms with Crippen LogP contribution in [0.5, 0.6) is 0 Å². The first-order valence-electron chi connectivity index (χ1n) is 10.9. The molecule has 1 fully saturated rings. The molecule has 0 N–H and O–H groups in total. The predicted molar refractivity (Wildman–Crippen MR) is 125 cm³/mol. The normalized spacial score (nSPS) is 19.1. The topological polar surface area (TPSA) is 47.1 Å². The minimum atomic E-state index is -0.848. The van der Waals surface area contributed by atoms with Crippen LogP contribution < -0.4 is 0 Å². The van der Waals surface area contributed by atoms with Gasteiger partial charge in [0.15, 0.2) is 0 Å². The van der Waals surface area contributed by atoms with Gasteiger partial charge in [0.2, 0.25) is 0 Å². The van der Waals surface area contributed by atoms with Crippen LogP contribution >= 0.6 is 0 Å². The number of carbonyl (C=O) groups excluding carboxylic acids is 2. The van der Waals surface area contributed by atoms with Crippen LogP contribution in [0.25, 0.3) is 0 Å². The predicted octanol–water partition coefficient (Wildman–Crippen LogP) is 4.24. The van der Waals surface area contributed by atoms with Gasteiger partial charge in [-0.25, -0.2) is 9.69 Å². The lowest BCUT2D eigenvalue weighted by Gasteiger charge is -2.35. The average molecular weight is 417 g/mol. The van der Waals surface area contributed by atoms with Crippen molar-refractivity contribution >= 4 is 11.9 Å². The van der Waals surface area contributed by atoms with E-state index in [9.17, 15) is 9.59 Å². The Hall–Kier alpha value is -2.18. The maximum absolute atomic E-state index is 13.5. The number of unbranched alkanes of at least 4 members (excludes halogenated alkanes) is 3. The van der Waals surface area contributed by atoms with Crippen molar-refractivity contribution in [2.45, 2.75) is 51.5 Å². The van der Waals surface area contributed by atoms with E-state index in [0.717, 1.165) is 25.7 Å². The first kappa shape index (κ1) is 25.9. The summed E-state index contributed by atoms with van der Waals surface area (Å²) in [4.78, 5) is 34.0. The standard InChI is InChI=1S/C24H40N4O2/c1-7-12-13-14-15-24(6)22(29)27(20-25(16-8-2)17-9-3)23(30)28(24)21-26(18-10-4)19-11-5/h8-11H,2-5,7,12-21H2,1,6H3. The summed E-state index contributed by atoms with van der Waals surface area (Å²) >= 11 is 0. The Morgan fingerprint density at radius 3 is 1.80 bits per heavy atom. The molecule has 0 spiro atoms. The SMILES string of the molecule is C=CCN(CC=C)CN1C(=O)N(CN(CC=C)CC=C)C(C)(CCCCCC)C1=O. The van der Waals surface area contributed by atoms with Gasteiger partial charge in [0.1, 0.15) is 5.54 Å². The fourth-order valence-corrected chi connectivity index (χ4v) is 3.84. The molecule has 0 bridgehead atoms. The van der Waals surface area contributed by atoms with Crippen LogP contribution in [0.3, 0.4) is 0 Å². The van der Waals surface area contributed by atoms with Gasteiger partial charge in [-0.15, -0.1) is 26.3 Å². The number of amides is 3. The molecule has 0 saturated carbocycles. The minimum absolute atomic E-state index is 0.126. The van der Waals surface area contributed by atoms with Gasteiger partial charge in [-0.2, -0.15) is 0 Å². The molecule has 6 nitrogen and oxygen atoms in total. The summed E-state index contributed by atoms with van der Waals surface area (Å²) in [5.74, 6) is -0.126. The molecule has 0 aromatic carbocycles. The third-order valence-electron chi connectivity index (χ3n) is 5.51. The lowest BCUT2D eigenvalue weighted by Crippen LogP contribution is -2.51. The van der Waals surface area contributed by atoms with Gasteiger partial charge in [0.25, 0.3) is 5.91 Å². The monoisotopic (exact) mass is 416 g/mol. The van der Waals surface area contributed by atoms with E-state index in [2.05, 4.69) is 38.1 Å². The number of hydrogen-bond donors (Lipinski definition) is 0. The van der Waals surface area contributed by atoms with Crippen molar-refractivity contribution in [1.29, 1.82) is 0 Å². The molecule has 6 heteroatoms. The van der Waals surface area contributed by atoms with E-state index in [1.54, 1.807) is 29.2 Å². The Labute approximate surface area is 183 Å². The zero-order valence-electron chi connectivity index (χ0n) is 19.0. The number of carbonyl (C=O) groups is 2. The van der Waals surface area contributed by atoms with Gasteiger partial charge in [0, 0.05) is 26.2 Å². The van der Waals surface area contributed by atoms with E-state index in [1.165, 1.54) is 4.90 Å². The molecule has 1 rings (SSSR count). The largest absolute Gasteiger partial charge is 0.329 e. The molecule has 1 unspecified atom stereocenters. The molecule has 1 atom stereocenters. The second kappa shape index (κ2) is 13.2. The molecule has 0 aliphatic carbocycles. The third kappa shape index (κ3) is 6.67. The van der Waals surface area contributed by atoms with E-state index in [0.29, 0.717) is 39.3 Å². The lowest BCUT2D eigenvalue weighted by atomic mass is 9.92. The highest BCUT2D eigenvalue weighted by molar-refractivity contribution is 6.06. The molecule has 30 heavy (non-hydrogen) atoms. The van der Waals surface area contributed by atoms with Crippen molar-refractivity contribution in [2.75, 3.05) is 39.5 Å².